The molecule has 1 aromatic rings. The number of carbonyl (C=O) groups is 5. The van der Waals surface area contributed by atoms with E-state index in [4.69, 9.17) is 18.9 Å². The molecule has 0 spiro atoms. The average Bonchev–Trinajstić information content (AvgIpc) is 2.83. The quantitative estimate of drug-likeness (QED) is 0.235. The van der Waals surface area contributed by atoms with Gasteiger partial charge in [0.1, 0.15) is 34.6 Å². The number of ether oxygens (including phenoxy) is 4. The Morgan fingerprint density at radius 2 is 1.16 bits per heavy atom. The highest BCUT2D eigenvalue weighted by Gasteiger charge is 2.32. The zero-order valence-corrected chi connectivity index (χ0v) is 27.4. The van der Waals surface area contributed by atoms with Crippen LogP contribution in [-0.4, -0.2) is 65.7 Å². The van der Waals surface area contributed by atoms with Crippen molar-refractivity contribution in [3.63, 3.8) is 0 Å². The van der Waals surface area contributed by atoms with E-state index in [-0.39, 0.29) is 19.3 Å². The zero-order valence-electron chi connectivity index (χ0n) is 27.4. The Bertz CT molecular complexity index is 1090. The molecule has 2 N–H and O–H groups in total. The summed E-state index contributed by atoms with van der Waals surface area (Å²) in [7, 11) is 1.59. The number of esters is 3. The fourth-order valence-electron chi connectivity index (χ4n) is 3.79. The van der Waals surface area contributed by atoms with Gasteiger partial charge in [0.2, 0.25) is 11.8 Å². The van der Waals surface area contributed by atoms with Gasteiger partial charge < -0.3 is 29.6 Å². The van der Waals surface area contributed by atoms with Crippen LogP contribution in [0.4, 0.5) is 0 Å². The SMILES string of the molecule is COc1ccc(CCCC(=O)N[C@@H](CC(=O)N[C@@H](CCC(=O)OC(C)(C)C)C(=O)OC(C)(C)C)C(=O)OC(C)(C)C)cc1. The molecule has 0 bridgehead atoms. The average molecular weight is 607 g/mol. The Morgan fingerprint density at radius 1 is 0.674 bits per heavy atom. The lowest BCUT2D eigenvalue weighted by Gasteiger charge is -2.26. The summed E-state index contributed by atoms with van der Waals surface area (Å²) in [6.45, 7) is 15.2. The minimum absolute atomic E-state index is 0.0790. The summed E-state index contributed by atoms with van der Waals surface area (Å²) < 4.78 is 21.3. The van der Waals surface area contributed by atoms with Gasteiger partial charge >= 0.3 is 17.9 Å². The van der Waals surface area contributed by atoms with Gasteiger partial charge in [-0.1, -0.05) is 12.1 Å². The summed E-state index contributed by atoms with van der Waals surface area (Å²) in [5.41, 5.74) is -1.39. The molecule has 0 radical (unpaired) electrons. The van der Waals surface area contributed by atoms with E-state index in [1.54, 1.807) is 69.4 Å². The van der Waals surface area contributed by atoms with Crippen molar-refractivity contribution in [1.82, 2.24) is 10.6 Å². The Kier molecular flexibility index (Phi) is 14.2. The maximum Gasteiger partial charge on any atom is 0.329 e. The third-order valence-corrected chi connectivity index (χ3v) is 5.53. The zero-order chi connectivity index (χ0) is 33.0. The first kappa shape index (κ1) is 37.4. The maximum atomic E-state index is 13.1. The molecule has 11 nitrogen and oxygen atoms in total. The molecular formula is C32H50N2O9. The van der Waals surface area contributed by atoms with Crippen LogP contribution in [0.15, 0.2) is 24.3 Å². The van der Waals surface area contributed by atoms with Crippen LogP contribution in [0.1, 0.15) is 100.0 Å². The van der Waals surface area contributed by atoms with E-state index in [0.717, 1.165) is 11.3 Å². The summed E-state index contributed by atoms with van der Waals surface area (Å²) in [5, 5.41) is 5.17. The molecule has 2 amide bonds. The Balaban J connectivity index is 2.94. The highest BCUT2D eigenvalue weighted by atomic mass is 16.6. The van der Waals surface area contributed by atoms with Crippen molar-refractivity contribution in [1.29, 1.82) is 0 Å². The Morgan fingerprint density at radius 3 is 1.65 bits per heavy atom. The normalized spacial score (nSPS) is 13.3. The van der Waals surface area contributed by atoms with E-state index in [9.17, 15) is 24.0 Å². The Labute approximate surface area is 255 Å². The van der Waals surface area contributed by atoms with Gasteiger partial charge in [-0.3, -0.25) is 14.4 Å². The molecule has 242 valence electrons. The van der Waals surface area contributed by atoms with Crippen molar-refractivity contribution in [3.8, 4) is 5.75 Å². The number of benzene rings is 1. The molecule has 43 heavy (non-hydrogen) atoms. The van der Waals surface area contributed by atoms with Gasteiger partial charge in [-0.15, -0.1) is 0 Å². The van der Waals surface area contributed by atoms with Crippen molar-refractivity contribution >= 4 is 29.7 Å². The molecule has 0 aliphatic carbocycles. The summed E-state index contributed by atoms with van der Waals surface area (Å²) in [5.74, 6) is -2.45. The first-order chi connectivity index (χ1) is 19.7. The lowest BCUT2D eigenvalue weighted by Crippen LogP contribution is -2.50. The minimum Gasteiger partial charge on any atom is -0.497 e. The molecule has 0 saturated heterocycles. The molecule has 1 aromatic carbocycles. The molecule has 0 aromatic heterocycles. The first-order valence-electron chi connectivity index (χ1n) is 14.6. The summed E-state index contributed by atoms with van der Waals surface area (Å²) >= 11 is 0. The number of carbonyl (C=O) groups excluding carboxylic acids is 5. The van der Waals surface area contributed by atoms with Gasteiger partial charge in [0.05, 0.1) is 13.5 Å². The van der Waals surface area contributed by atoms with Gasteiger partial charge in [-0.2, -0.15) is 0 Å². The van der Waals surface area contributed by atoms with Crippen LogP contribution < -0.4 is 15.4 Å². The number of hydrogen-bond acceptors (Lipinski definition) is 9. The third kappa shape index (κ3) is 17.2. The van der Waals surface area contributed by atoms with Gasteiger partial charge in [-0.05, 0) is 99.3 Å². The molecule has 11 heteroatoms. The molecule has 0 aliphatic heterocycles. The first-order valence-corrected chi connectivity index (χ1v) is 14.6. The van der Waals surface area contributed by atoms with E-state index < -0.39 is 65.0 Å². The predicted molar refractivity (Wildman–Crippen MR) is 161 cm³/mol. The number of amides is 2. The van der Waals surface area contributed by atoms with Crippen LogP contribution in [0.2, 0.25) is 0 Å². The van der Waals surface area contributed by atoms with Crippen LogP contribution in [0.25, 0.3) is 0 Å². The van der Waals surface area contributed by atoms with Crippen molar-refractivity contribution in [2.24, 2.45) is 0 Å². The molecule has 0 fully saturated rings. The van der Waals surface area contributed by atoms with Gasteiger partial charge in [0.15, 0.2) is 0 Å². The van der Waals surface area contributed by atoms with Crippen molar-refractivity contribution in [2.45, 2.75) is 130 Å². The highest BCUT2D eigenvalue weighted by molar-refractivity contribution is 5.91. The molecule has 0 saturated carbocycles. The van der Waals surface area contributed by atoms with Crippen molar-refractivity contribution in [2.75, 3.05) is 7.11 Å². The molecule has 0 aliphatic rings. The third-order valence-electron chi connectivity index (χ3n) is 5.53. The lowest BCUT2D eigenvalue weighted by molar-refractivity contribution is -0.160. The summed E-state index contributed by atoms with van der Waals surface area (Å²) in [4.78, 5) is 64.0. The fourth-order valence-corrected chi connectivity index (χ4v) is 3.79. The second-order valence-corrected chi connectivity index (χ2v) is 13.3. The topological polar surface area (TPSA) is 146 Å². The predicted octanol–water partition coefficient (Wildman–Crippen LogP) is 4.18. The second kappa shape index (κ2) is 16.3. The Hall–Kier alpha value is -3.63. The molecule has 2 atom stereocenters. The fraction of sp³-hybridized carbons (Fsp3) is 0.656. The van der Waals surface area contributed by atoms with Gasteiger partial charge in [-0.25, -0.2) is 9.59 Å². The molecule has 0 unspecified atom stereocenters. The van der Waals surface area contributed by atoms with Crippen LogP contribution in [0.3, 0.4) is 0 Å². The van der Waals surface area contributed by atoms with Crippen LogP contribution in [0, 0.1) is 0 Å². The molecule has 1 rings (SSSR count). The van der Waals surface area contributed by atoms with Crippen molar-refractivity contribution in [3.05, 3.63) is 29.8 Å². The standard InChI is InChI=1S/C32H50N2O9/c1-30(2,3)41-27(37)19-18-23(28(38)42-31(4,5)6)33-26(36)20-24(29(39)43-32(7,8)9)34-25(35)13-11-12-21-14-16-22(40-10)17-15-21/h14-17,23-24H,11-13,18-20H2,1-10H3,(H,33,36)(H,34,35)/t23-,24-/m0/s1. The van der Waals surface area contributed by atoms with Gasteiger partial charge in [0.25, 0.3) is 0 Å². The number of nitrogens with one attached hydrogen (secondary N) is 2. The number of methoxy groups -OCH3 is 1. The van der Waals surface area contributed by atoms with Crippen LogP contribution in [0.5, 0.6) is 5.75 Å². The monoisotopic (exact) mass is 606 g/mol. The highest BCUT2D eigenvalue weighted by Crippen LogP contribution is 2.16. The lowest BCUT2D eigenvalue weighted by atomic mass is 10.1. The molecule has 0 heterocycles. The minimum atomic E-state index is -1.29. The largest absolute Gasteiger partial charge is 0.497 e. The number of aryl methyl sites for hydroxylation is 1. The van der Waals surface area contributed by atoms with Crippen LogP contribution >= 0.6 is 0 Å². The number of rotatable bonds is 14. The maximum absolute atomic E-state index is 13.1. The van der Waals surface area contributed by atoms with E-state index in [1.165, 1.54) is 0 Å². The summed E-state index contributed by atoms with van der Waals surface area (Å²) in [6.07, 6.45) is 0.543. The van der Waals surface area contributed by atoms with E-state index in [0.29, 0.717) is 12.8 Å². The molecular weight excluding hydrogens is 556 g/mol. The summed E-state index contributed by atoms with van der Waals surface area (Å²) in [6, 6.07) is 5.02. The van der Waals surface area contributed by atoms with Crippen molar-refractivity contribution < 1.29 is 42.9 Å². The van der Waals surface area contributed by atoms with Gasteiger partial charge in [0, 0.05) is 12.8 Å². The van der Waals surface area contributed by atoms with E-state index >= 15 is 0 Å². The number of hydrogen-bond donors (Lipinski definition) is 2. The van der Waals surface area contributed by atoms with E-state index in [2.05, 4.69) is 10.6 Å². The smallest absolute Gasteiger partial charge is 0.329 e. The van der Waals surface area contributed by atoms with E-state index in [1.807, 2.05) is 24.3 Å². The second-order valence-electron chi connectivity index (χ2n) is 13.3. The van der Waals surface area contributed by atoms with Crippen LogP contribution in [-0.2, 0) is 44.6 Å².